The molecule has 1 heterocycles. The molecule has 0 aromatic heterocycles. The topological polar surface area (TPSA) is 66.5 Å². The summed E-state index contributed by atoms with van der Waals surface area (Å²) in [6.45, 7) is 5.38. The molecule has 0 aliphatic carbocycles. The van der Waals surface area contributed by atoms with Crippen molar-refractivity contribution in [3.63, 3.8) is 0 Å². The van der Waals surface area contributed by atoms with Crippen molar-refractivity contribution in [1.82, 2.24) is 9.62 Å². The van der Waals surface area contributed by atoms with E-state index >= 15 is 0 Å². The fraction of sp³-hybridized carbons (Fsp3) is 0.562. The van der Waals surface area contributed by atoms with Crippen LogP contribution in [-0.4, -0.2) is 38.3 Å². The molecule has 1 amide bonds. The van der Waals surface area contributed by atoms with E-state index in [0.717, 1.165) is 12.0 Å². The molecule has 22 heavy (non-hydrogen) atoms. The minimum atomic E-state index is -3.45. The summed E-state index contributed by atoms with van der Waals surface area (Å²) >= 11 is 0. The van der Waals surface area contributed by atoms with Crippen molar-refractivity contribution in [2.75, 3.05) is 19.6 Å². The van der Waals surface area contributed by atoms with Crippen LogP contribution in [0.5, 0.6) is 0 Å². The van der Waals surface area contributed by atoms with Gasteiger partial charge in [0.1, 0.15) is 0 Å². The van der Waals surface area contributed by atoms with Gasteiger partial charge in [-0.3, -0.25) is 4.79 Å². The maximum absolute atomic E-state index is 12.6. The Morgan fingerprint density at radius 2 is 2.00 bits per heavy atom. The fourth-order valence-corrected chi connectivity index (χ4v) is 4.25. The van der Waals surface area contributed by atoms with Gasteiger partial charge in [-0.2, -0.15) is 4.31 Å². The van der Waals surface area contributed by atoms with Crippen LogP contribution in [0, 0.1) is 12.8 Å². The summed E-state index contributed by atoms with van der Waals surface area (Å²) in [5.74, 6) is -0.0232. The number of piperidine rings is 1. The van der Waals surface area contributed by atoms with Crippen LogP contribution >= 0.6 is 0 Å². The van der Waals surface area contributed by atoms with E-state index in [4.69, 9.17) is 0 Å². The number of hydrogen-bond acceptors (Lipinski definition) is 3. The Balaban J connectivity index is 2.00. The highest BCUT2D eigenvalue weighted by Gasteiger charge is 2.31. The summed E-state index contributed by atoms with van der Waals surface area (Å²) in [6.07, 6.45) is 2.08. The molecule has 1 saturated heterocycles. The lowest BCUT2D eigenvalue weighted by Crippen LogP contribution is -2.43. The third-order valence-corrected chi connectivity index (χ3v) is 5.90. The van der Waals surface area contributed by atoms with Gasteiger partial charge in [-0.1, -0.05) is 19.1 Å². The molecule has 0 saturated carbocycles. The number of aryl methyl sites for hydroxylation is 1. The van der Waals surface area contributed by atoms with Crippen LogP contribution in [0.15, 0.2) is 29.2 Å². The van der Waals surface area contributed by atoms with E-state index in [2.05, 4.69) is 5.32 Å². The van der Waals surface area contributed by atoms with Crippen LogP contribution in [0.25, 0.3) is 0 Å². The van der Waals surface area contributed by atoms with Crippen molar-refractivity contribution in [3.05, 3.63) is 29.8 Å². The largest absolute Gasteiger partial charge is 0.356 e. The number of nitrogens with zero attached hydrogens (tertiary/aromatic N) is 1. The molecule has 0 bridgehead atoms. The normalized spacial score (nSPS) is 17.4. The number of sulfonamides is 1. The second-order valence-corrected chi connectivity index (χ2v) is 7.72. The molecule has 1 aliphatic rings. The minimum absolute atomic E-state index is 0.0504. The molecule has 6 heteroatoms. The molecular formula is C16H24N2O3S. The number of hydrogen-bond donors (Lipinski definition) is 1. The highest BCUT2D eigenvalue weighted by atomic mass is 32.2. The van der Waals surface area contributed by atoms with Gasteiger partial charge in [0.15, 0.2) is 0 Å². The Morgan fingerprint density at radius 3 is 2.59 bits per heavy atom. The predicted molar refractivity (Wildman–Crippen MR) is 86.0 cm³/mol. The molecule has 1 aliphatic heterocycles. The Morgan fingerprint density at radius 1 is 1.32 bits per heavy atom. The van der Waals surface area contributed by atoms with E-state index in [9.17, 15) is 13.2 Å². The summed E-state index contributed by atoms with van der Waals surface area (Å²) in [5.41, 5.74) is 0.926. The van der Waals surface area contributed by atoms with Crippen LogP contribution in [0.4, 0.5) is 0 Å². The molecular weight excluding hydrogens is 300 g/mol. The smallest absolute Gasteiger partial charge is 0.243 e. The first kappa shape index (κ1) is 17.0. The van der Waals surface area contributed by atoms with E-state index < -0.39 is 10.0 Å². The summed E-state index contributed by atoms with van der Waals surface area (Å²) in [7, 11) is -3.45. The lowest BCUT2D eigenvalue weighted by Gasteiger charge is -2.30. The Kier molecular flexibility index (Phi) is 5.58. The van der Waals surface area contributed by atoms with Crippen molar-refractivity contribution in [2.24, 2.45) is 5.92 Å². The average molecular weight is 324 g/mol. The number of carbonyl (C=O) groups excluding carboxylic acids is 1. The first-order chi connectivity index (χ1) is 10.4. The quantitative estimate of drug-likeness (QED) is 0.900. The Bertz CT molecular complexity index is 620. The second kappa shape index (κ2) is 7.24. The molecule has 1 N–H and O–H groups in total. The zero-order valence-electron chi connectivity index (χ0n) is 13.2. The Labute approximate surface area is 132 Å². The maximum atomic E-state index is 12.6. The van der Waals surface area contributed by atoms with Crippen LogP contribution in [0.3, 0.4) is 0 Å². The third kappa shape index (κ3) is 3.87. The molecule has 0 radical (unpaired) electrons. The molecule has 0 unspecified atom stereocenters. The number of amides is 1. The predicted octanol–water partition coefficient (Wildman–Crippen LogP) is 1.92. The zero-order chi connectivity index (χ0) is 16.2. The molecule has 1 aromatic rings. The van der Waals surface area contributed by atoms with Crippen molar-refractivity contribution in [3.8, 4) is 0 Å². The Hall–Kier alpha value is -1.40. The lowest BCUT2D eigenvalue weighted by molar-refractivity contribution is -0.126. The summed E-state index contributed by atoms with van der Waals surface area (Å²) in [6, 6.07) is 6.95. The van der Waals surface area contributed by atoms with Gasteiger partial charge in [-0.25, -0.2) is 8.42 Å². The van der Waals surface area contributed by atoms with Crippen LogP contribution in [0.1, 0.15) is 31.7 Å². The zero-order valence-corrected chi connectivity index (χ0v) is 14.0. The van der Waals surface area contributed by atoms with Gasteiger partial charge in [0, 0.05) is 25.6 Å². The standard InChI is InChI=1S/C16H24N2O3S/c1-3-9-17-16(19)14-7-10-18(11-8-14)22(20,21)15-6-4-5-13(2)12-15/h4-6,12,14H,3,7-11H2,1-2H3,(H,17,19). The first-order valence-electron chi connectivity index (χ1n) is 7.79. The van der Waals surface area contributed by atoms with Gasteiger partial charge in [-0.15, -0.1) is 0 Å². The van der Waals surface area contributed by atoms with E-state index in [1.165, 1.54) is 4.31 Å². The molecule has 1 fully saturated rings. The average Bonchev–Trinajstić information content (AvgIpc) is 2.52. The minimum Gasteiger partial charge on any atom is -0.356 e. The van der Waals surface area contributed by atoms with Crippen LogP contribution in [0.2, 0.25) is 0 Å². The second-order valence-electron chi connectivity index (χ2n) is 5.79. The van der Waals surface area contributed by atoms with Crippen molar-refractivity contribution in [2.45, 2.75) is 38.0 Å². The maximum Gasteiger partial charge on any atom is 0.243 e. The molecule has 5 nitrogen and oxygen atoms in total. The fourth-order valence-electron chi connectivity index (χ4n) is 2.68. The van der Waals surface area contributed by atoms with Crippen molar-refractivity contribution in [1.29, 1.82) is 0 Å². The molecule has 0 atom stereocenters. The van der Waals surface area contributed by atoms with E-state index in [0.29, 0.717) is 37.4 Å². The van der Waals surface area contributed by atoms with Gasteiger partial charge in [0.2, 0.25) is 15.9 Å². The molecule has 0 spiro atoms. The van der Waals surface area contributed by atoms with Crippen LogP contribution < -0.4 is 5.32 Å². The highest BCUT2D eigenvalue weighted by molar-refractivity contribution is 7.89. The number of benzene rings is 1. The van der Waals surface area contributed by atoms with Crippen LogP contribution in [-0.2, 0) is 14.8 Å². The van der Waals surface area contributed by atoms with Crippen molar-refractivity contribution < 1.29 is 13.2 Å². The SMILES string of the molecule is CCCNC(=O)C1CCN(S(=O)(=O)c2cccc(C)c2)CC1. The van der Waals surface area contributed by atoms with Gasteiger partial charge < -0.3 is 5.32 Å². The lowest BCUT2D eigenvalue weighted by atomic mass is 9.97. The van der Waals surface area contributed by atoms with Gasteiger partial charge in [0.05, 0.1) is 4.90 Å². The third-order valence-electron chi connectivity index (χ3n) is 4.00. The number of rotatable bonds is 5. The van der Waals surface area contributed by atoms with E-state index in [1.807, 2.05) is 19.9 Å². The number of carbonyl (C=O) groups is 1. The number of nitrogens with one attached hydrogen (secondary N) is 1. The first-order valence-corrected chi connectivity index (χ1v) is 9.23. The van der Waals surface area contributed by atoms with Gasteiger partial charge in [0.25, 0.3) is 0 Å². The summed E-state index contributed by atoms with van der Waals surface area (Å²) in [4.78, 5) is 12.3. The molecule has 1 aromatic carbocycles. The van der Waals surface area contributed by atoms with Gasteiger partial charge >= 0.3 is 0 Å². The molecule has 122 valence electrons. The summed E-state index contributed by atoms with van der Waals surface area (Å²) in [5, 5.41) is 2.89. The monoisotopic (exact) mass is 324 g/mol. The summed E-state index contributed by atoms with van der Waals surface area (Å²) < 4.78 is 26.7. The van der Waals surface area contributed by atoms with E-state index in [-0.39, 0.29) is 11.8 Å². The highest BCUT2D eigenvalue weighted by Crippen LogP contribution is 2.24. The molecule has 2 rings (SSSR count). The van der Waals surface area contributed by atoms with Crippen molar-refractivity contribution >= 4 is 15.9 Å². The van der Waals surface area contributed by atoms with E-state index in [1.54, 1.807) is 18.2 Å². The van der Waals surface area contributed by atoms with Gasteiger partial charge in [-0.05, 0) is 43.9 Å².